The van der Waals surface area contributed by atoms with Crippen LogP contribution in [-0.2, 0) is 0 Å². The Bertz CT molecular complexity index is 1140. The van der Waals surface area contributed by atoms with E-state index >= 15 is 0 Å². The molecule has 0 saturated heterocycles. The van der Waals surface area contributed by atoms with Gasteiger partial charge in [0.15, 0.2) is 0 Å². The van der Waals surface area contributed by atoms with Gasteiger partial charge in [0.2, 0.25) is 0 Å². The first kappa shape index (κ1) is 40.9. The summed E-state index contributed by atoms with van der Waals surface area (Å²) >= 11 is 9.54. The Kier molecular flexibility index (Phi) is 27.9. The number of nitrogens with zero attached hydrogens (tertiary/aromatic N) is 2. The number of hydrogen-bond donors (Lipinski definition) is 4. The van der Waals surface area contributed by atoms with Crippen molar-refractivity contribution in [2.75, 3.05) is 5.73 Å². The second-order valence-electron chi connectivity index (χ2n) is 6.87. The van der Waals surface area contributed by atoms with Crippen molar-refractivity contribution in [1.29, 1.82) is 0 Å². The van der Waals surface area contributed by atoms with Crippen LogP contribution in [0, 0.1) is 6.92 Å². The first-order valence-corrected chi connectivity index (χ1v) is 29.2. The number of aryl methyl sites for hydroxylation is 1. The molecule has 4 aromatic rings. The summed E-state index contributed by atoms with van der Waals surface area (Å²) in [4.78, 5) is 10.3. The maximum Gasteiger partial charge on any atom is 0.335 e. The van der Waals surface area contributed by atoms with E-state index in [1.54, 1.807) is 60.7 Å². The van der Waals surface area contributed by atoms with Crippen LogP contribution in [0.3, 0.4) is 0 Å². The zero-order valence-electron chi connectivity index (χ0n) is 20.3. The molecule has 0 heterocycles. The van der Waals surface area contributed by atoms with Crippen LogP contribution in [0.5, 0.6) is 11.5 Å². The second-order valence-corrected chi connectivity index (χ2v) is 23.1. The fourth-order valence-electron chi connectivity index (χ4n) is 2.30. The Morgan fingerprint density at radius 1 is 0.718 bits per heavy atom. The monoisotopic (exact) mass is 1210 g/mol. The van der Waals surface area contributed by atoms with Crippen molar-refractivity contribution in [2.45, 2.75) is 6.92 Å². The number of anilines is 1. The number of aromatic carboxylic acids is 1. The molecule has 0 fully saturated rings. The van der Waals surface area contributed by atoms with Gasteiger partial charge >= 0.3 is 56.5 Å². The zero-order valence-corrected chi connectivity index (χ0v) is 33.5. The van der Waals surface area contributed by atoms with Gasteiger partial charge in [-0.25, -0.2) is 4.79 Å². The molecule has 0 aliphatic rings. The summed E-state index contributed by atoms with van der Waals surface area (Å²) in [6.07, 6.45) is 0. The number of phenolic OH excluding ortho intramolecular Hbond substituents is 2. The topological polar surface area (TPSA) is 128 Å². The molecule has 0 spiro atoms. The third-order valence-corrected chi connectivity index (χ3v) is 4.08. The van der Waals surface area contributed by atoms with Crippen LogP contribution in [0.2, 0.25) is 0 Å². The number of carboxylic acids is 1. The maximum atomic E-state index is 10.3. The van der Waals surface area contributed by atoms with E-state index in [2.05, 4.69) is 84.7 Å². The van der Waals surface area contributed by atoms with Crippen molar-refractivity contribution in [1.82, 2.24) is 0 Å². The molecular formula is C26H26I6N3O4-. The van der Waals surface area contributed by atoms with Gasteiger partial charge in [-0.05, 0) is 79.7 Å². The molecule has 39 heavy (non-hydrogen) atoms. The van der Waals surface area contributed by atoms with Gasteiger partial charge in [0.1, 0.15) is 11.5 Å². The second kappa shape index (κ2) is 26.6. The average molecular weight is 1210 g/mol. The number of benzene rings is 4. The van der Waals surface area contributed by atoms with Gasteiger partial charge in [-0.15, -0.1) is 24.0 Å². The molecule has 4 rings (SSSR count). The summed E-state index contributed by atoms with van der Waals surface area (Å²) in [5, 5.41) is 34.3. The molecular weight excluding hydrogens is 1180 g/mol. The SMILES string of the molecule is Cc1ccc(N=Nc2ccc(O)cc2)cc1.I.II.I[I-]I.Nc1ccc(C(=O)O)cc1.Oc1ccccc1. The number of azo groups is 1. The van der Waals surface area contributed by atoms with Gasteiger partial charge in [0.05, 0.1) is 16.9 Å². The predicted octanol–water partition coefficient (Wildman–Crippen LogP) is 7.64. The van der Waals surface area contributed by atoms with E-state index in [-0.39, 0.29) is 35.3 Å². The van der Waals surface area contributed by atoms with E-state index in [0.29, 0.717) is 24.7 Å². The average Bonchev–Trinajstić information content (AvgIpc) is 2.92. The fraction of sp³-hybridized carbons (Fsp3) is 0.0385. The number of nitrogen functional groups attached to an aromatic ring is 1. The largest absolute Gasteiger partial charge is 0.508 e. The van der Waals surface area contributed by atoms with Crippen LogP contribution >= 0.6 is 98.4 Å². The number of aromatic hydroxyl groups is 2. The van der Waals surface area contributed by atoms with Crippen molar-refractivity contribution >= 4 is 121 Å². The fourth-order valence-corrected chi connectivity index (χ4v) is 2.30. The quantitative estimate of drug-likeness (QED) is 0.0954. The van der Waals surface area contributed by atoms with Gasteiger partial charge in [-0.3, -0.25) is 0 Å². The molecule has 0 aromatic heterocycles. The van der Waals surface area contributed by atoms with Crippen molar-refractivity contribution < 1.29 is 33.4 Å². The van der Waals surface area contributed by atoms with Crippen molar-refractivity contribution in [3.63, 3.8) is 0 Å². The number of carboxylic acid groups (broad SMARTS) is 1. The third kappa shape index (κ3) is 22.1. The minimum absolute atomic E-state index is 0. The smallest absolute Gasteiger partial charge is 0.335 e. The third-order valence-electron chi connectivity index (χ3n) is 4.08. The minimum Gasteiger partial charge on any atom is -0.508 e. The molecule has 0 saturated carbocycles. The van der Waals surface area contributed by atoms with E-state index in [9.17, 15) is 4.79 Å². The summed E-state index contributed by atoms with van der Waals surface area (Å²) < 4.78 is 0. The van der Waals surface area contributed by atoms with E-state index < -0.39 is 5.97 Å². The summed E-state index contributed by atoms with van der Waals surface area (Å²) in [5.41, 5.74) is 8.90. The molecule has 0 aliphatic carbocycles. The van der Waals surface area contributed by atoms with Crippen molar-refractivity contribution in [3.05, 3.63) is 114 Å². The Balaban J connectivity index is 0. The zero-order chi connectivity index (χ0) is 28.8. The Morgan fingerprint density at radius 2 is 1.10 bits per heavy atom. The first-order valence-electron chi connectivity index (χ1n) is 10.4. The molecule has 7 nitrogen and oxygen atoms in total. The molecule has 0 radical (unpaired) electrons. The molecule has 0 atom stereocenters. The molecule has 0 amide bonds. The maximum absolute atomic E-state index is 10.3. The molecule has 4 aromatic carbocycles. The van der Waals surface area contributed by atoms with Gasteiger partial charge in [-0.2, -0.15) is 10.2 Å². The van der Waals surface area contributed by atoms with Crippen molar-refractivity contribution in [2.24, 2.45) is 10.2 Å². The summed E-state index contributed by atoms with van der Waals surface area (Å²) in [6.45, 7) is 2.03. The molecule has 0 bridgehead atoms. The number of phenols is 2. The van der Waals surface area contributed by atoms with Gasteiger partial charge < -0.3 is 21.1 Å². The van der Waals surface area contributed by atoms with Crippen LogP contribution in [0.1, 0.15) is 15.9 Å². The molecule has 0 unspecified atom stereocenters. The number of carbonyl (C=O) groups is 1. The Hall–Kier alpha value is -0.270. The normalized spacial score (nSPS) is 9.05. The number of nitrogens with two attached hydrogens (primary N) is 1. The number of hydrogen-bond acceptors (Lipinski definition) is 6. The van der Waals surface area contributed by atoms with Crippen LogP contribution in [0.15, 0.2) is 113 Å². The molecule has 13 heteroatoms. The predicted molar refractivity (Wildman–Crippen MR) is 201 cm³/mol. The molecule has 212 valence electrons. The Morgan fingerprint density at radius 3 is 1.46 bits per heavy atom. The van der Waals surface area contributed by atoms with Crippen LogP contribution in [0.4, 0.5) is 17.1 Å². The summed E-state index contributed by atoms with van der Waals surface area (Å²) in [6, 6.07) is 29.2. The first-order chi connectivity index (χ1) is 18.2. The van der Waals surface area contributed by atoms with Crippen molar-refractivity contribution in [3.8, 4) is 11.5 Å². The van der Waals surface area contributed by atoms with E-state index in [1.165, 1.54) is 17.7 Å². The number of para-hydroxylation sites is 1. The van der Waals surface area contributed by atoms with Gasteiger partial charge in [0.25, 0.3) is 0 Å². The van der Waals surface area contributed by atoms with E-state index in [0.717, 1.165) is 11.4 Å². The molecule has 5 N–H and O–H groups in total. The summed E-state index contributed by atoms with van der Waals surface area (Å²) in [5.74, 6) is -0.378. The number of halogens is 6. The van der Waals surface area contributed by atoms with Crippen LogP contribution < -0.4 is 19.0 Å². The van der Waals surface area contributed by atoms with Gasteiger partial charge in [-0.1, -0.05) is 35.9 Å². The minimum atomic E-state index is -0.931. The van der Waals surface area contributed by atoms with E-state index in [1.807, 2.05) is 37.3 Å². The standard InChI is InChI=1S/C13H12N2O.C7H7NO2.C6H6O.I3.I2.HI/c1-10-2-4-11(5-3-10)14-15-12-6-8-13(16)9-7-12;8-6-3-1-5(2-4-6)7(9)10;7-6-4-2-1-3-5-6;1-3-2;1-2;/h2-9,16H,1H3;1-4H,8H2,(H,9,10);1-5,7H;;;1H/q;;;-1;;. The summed E-state index contributed by atoms with van der Waals surface area (Å²) in [7, 11) is 0. The molecule has 0 aliphatic heterocycles. The van der Waals surface area contributed by atoms with Gasteiger partial charge in [0, 0.05) is 42.9 Å². The number of rotatable bonds is 3. The van der Waals surface area contributed by atoms with Crippen LogP contribution in [-0.4, -0.2) is 21.3 Å². The Labute approximate surface area is 298 Å². The van der Waals surface area contributed by atoms with E-state index in [4.69, 9.17) is 21.1 Å². The van der Waals surface area contributed by atoms with Crippen LogP contribution in [0.25, 0.3) is 0 Å².